The number of thioether (sulfide) groups is 1. The van der Waals surface area contributed by atoms with Crippen LogP contribution < -0.4 is 11.1 Å². The molecule has 1 heterocycles. The fourth-order valence-electron chi connectivity index (χ4n) is 1.72. The first-order valence-corrected chi connectivity index (χ1v) is 7.07. The number of carbonyl (C=O) groups excluding carboxylic acids is 1. The summed E-state index contributed by atoms with van der Waals surface area (Å²) in [6.45, 7) is 4.40. The lowest BCUT2D eigenvalue weighted by molar-refractivity contribution is -0.122. The van der Waals surface area contributed by atoms with Gasteiger partial charge in [-0.3, -0.25) is 4.79 Å². The highest BCUT2D eigenvalue weighted by Gasteiger charge is 2.30. The minimum Gasteiger partial charge on any atom is -0.431 e. The van der Waals surface area contributed by atoms with Gasteiger partial charge in [-0.25, -0.2) is 4.98 Å². The molecule has 3 N–H and O–H groups in total. The summed E-state index contributed by atoms with van der Waals surface area (Å²) in [5, 5.41) is 3.65. The van der Waals surface area contributed by atoms with E-state index >= 15 is 0 Å². The van der Waals surface area contributed by atoms with Gasteiger partial charge < -0.3 is 15.5 Å². The summed E-state index contributed by atoms with van der Waals surface area (Å²) in [5.74, 6) is 0.0983. The predicted octanol–water partition coefficient (Wildman–Crippen LogP) is 1.77. The standard InChI is InChI=1S/C13H17N3O2S/c1-3-15-13(2,11(14)17)8-19-12-16-9-6-4-5-7-10(9)18-12/h4-7,15H,3,8H2,1-2H3,(H2,14,17). The molecule has 0 saturated heterocycles. The van der Waals surface area contributed by atoms with Gasteiger partial charge in [0.1, 0.15) is 11.1 Å². The van der Waals surface area contributed by atoms with Crippen LogP contribution in [0.2, 0.25) is 0 Å². The predicted molar refractivity (Wildman–Crippen MR) is 76.0 cm³/mol. The van der Waals surface area contributed by atoms with Crippen molar-refractivity contribution in [3.05, 3.63) is 24.3 Å². The number of hydrogen-bond acceptors (Lipinski definition) is 5. The van der Waals surface area contributed by atoms with Crippen molar-refractivity contribution in [2.24, 2.45) is 5.73 Å². The molecule has 0 bridgehead atoms. The number of hydrogen-bond donors (Lipinski definition) is 2. The number of likely N-dealkylation sites (N-methyl/N-ethyl adjacent to an activating group) is 1. The van der Waals surface area contributed by atoms with Gasteiger partial charge in [0.2, 0.25) is 5.91 Å². The molecule has 1 atom stereocenters. The molecule has 19 heavy (non-hydrogen) atoms. The van der Waals surface area contributed by atoms with E-state index in [1.807, 2.05) is 31.2 Å². The first kappa shape index (κ1) is 13.9. The Labute approximate surface area is 115 Å². The van der Waals surface area contributed by atoms with Gasteiger partial charge >= 0.3 is 0 Å². The normalized spacial score (nSPS) is 14.4. The van der Waals surface area contributed by atoms with Crippen LogP contribution in [-0.4, -0.2) is 28.7 Å². The summed E-state index contributed by atoms with van der Waals surface area (Å²) in [6.07, 6.45) is 0. The molecule has 1 unspecified atom stereocenters. The minimum atomic E-state index is -0.764. The lowest BCUT2D eigenvalue weighted by Crippen LogP contribution is -2.55. The van der Waals surface area contributed by atoms with Crippen molar-refractivity contribution in [2.45, 2.75) is 24.6 Å². The monoisotopic (exact) mass is 279 g/mol. The Morgan fingerprint density at radius 1 is 1.53 bits per heavy atom. The van der Waals surface area contributed by atoms with Gasteiger partial charge in [0.05, 0.1) is 0 Å². The van der Waals surface area contributed by atoms with E-state index in [0.29, 0.717) is 17.5 Å². The van der Waals surface area contributed by atoms with E-state index in [4.69, 9.17) is 10.2 Å². The number of oxazole rings is 1. The largest absolute Gasteiger partial charge is 0.431 e. The fraction of sp³-hybridized carbons (Fsp3) is 0.385. The molecule has 1 aromatic heterocycles. The second-order valence-corrected chi connectivity index (χ2v) is 5.39. The number of nitrogens with two attached hydrogens (primary N) is 1. The molecule has 0 fully saturated rings. The first-order valence-electron chi connectivity index (χ1n) is 6.08. The van der Waals surface area contributed by atoms with E-state index in [9.17, 15) is 4.79 Å². The number of benzene rings is 1. The molecule has 0 aliphatic heterocycles. The van der Waals surface area contributed by atoms with Gasteiger partial charge in [0.15, 0.2) is 5.58 Å². The highest BCUT2D eigenvalue weighted by molar-refractivity contribution is 7.99. The first-order chi connectivity index (χ1) is 9.05. The topological polar surface area (TPSA) is 81.2 Å². The second kappa shape index (κ2) is 5.63. The van der Waals surface area contributed by atoms with E-state index in [0.717, 1.165) is 11.1 Å². The maximum Gasteiger partial charge on any atom is 0.256 e. The lowest BCUT2D eigenvalue weighted by atomic mass is 10.1. The number of carbonyl (C=O) groups is 1. The molecule has 0 radical (unpaired) electrons. The average molecular weight is 279 g/mol. The van der Waals surface area contributed by atoms with Gasteiger partial charge in [-0.2, -0.15) is 0 Å². The van der Waals surface area contributed by atoms with E-state index in [1.165, 1.54) is 11.8 Å². The van der Waals surface area contributed by atoms with Crippen molar-refractivity contribution in [3.63, 3.8) is 0 Å². The van der Waals surface area contributed by atoms with Crippen LogP contribution in [0.5, 0.6) is 0 Å². The average Bonchev–Trinajstić information content (AvgIpc) is 2.79. The summed E-state index contributed by atoms with van der Waals surface area (Å²) in [7, 11) is 0. The molecule has 6 heteroatoms. The third kappa shape index (κ3) is 3.08. The Bertz CT molecular complexity index is 551. The van der Waals surface area contributed by atoms with Gasteiger partial charge in [-0.1, -0.05) is 30.8 Å². The molecule has 0 aliphatic carbocycles. The number of amides is 1. The number of aromatic nitrogens is 1. The van der Waals surface area contributed by atoms with Gasteiger partial charge in [0, 0.05) is 5.75 Å². The summed E-state index contributed by atoms with van der Waals surface area (Å²) in [5.41, 5.74) is 6.23. The SMILES string of the molecule is CCNC(C)(CSc1nc2ccccc2o1)C(N)=O. The van der Waals surface area contributed by atoms with Crippen molar-refractivity contribution < 1.29 is 9.21 Å². The van der Waals surface area contributed by atoms with Crippen LogP contribution in [0.3, 0.4) is 0 Å². The fourth-order valence-corrected chi connectivity index (χ4v) is 2.69. The Morgan fingerprint density at radius 3 is 2.89 bits per heavy atom. The van der Waals surface area contributed by atoms with Crippen LogP contribution in [0, 0.1) is 0 Å². The smallest absolute Gasteiger partial charge is 0.256 e. The third-order valence-electron chi connectivity index (χ3n) is 2.87. The number of rotatable bonds is 6. The van der Waals surface area contributed by atoms with Crippen molar-refractivity contribution in [2.75, 3.05) is 12.3 Å². The third-order valence-corrected chi connectivity index (χ3v) is 4.01. The molecule has 102 valence electrons. The Balaban J connectivity index is 2.10. The van der Waals surface area contributed by atoms with Gasteiger partial charge in [-0.15, -0.1) is 0 Å². The van der Waals surface area contributed by atoms with Crippen LogP contribution in [0.15, 0.2) is 33.9 Å². The number of para-hydroxylation sites is 2. The maximum atomic E-state index is 11.5. The van der Waals surface area contributed by atoms with Gasteiger partial charge in [-0.05, 0) is 25.6 Å². The summed E-state index contributed by atoms with van der Waals surface area (Å²) in [4.78, 5) is 15.9. The Morgan fingerprint density at radius 2 is 2.26 bits per heavy atom. The molecular formula is C13H17N3O2S. The number of nitrogens with one attached hydrogen (secondary N) is 1. The summed E-state index contributed by atoms with van der Waals surface area (Å²) < 4.78 is 5.59. The molecule has 1 amide bonds. The van der Waals surface area contributed by atoms with E-state index < -0.39 is 5.54 Å². The quantitative estimate of drug-likeness (QED) is 0.788. The second-order valence-electron chi connectivity index (χ2n) is 4.46. The summed E-state index contributed by atoms with van der Waals surface area (Å²) >= 11 is 1.38. The van der Waals surface area contributed by atoms with Crippen molar-refractivity contribution >= 4 is 28.8 Å². The van der Waals surface area contributed by atoms with Crippen LogP contribution in [-0.2, 0) is 4.79 Å². The molecule has 0 saturated carbocycles. The molecule has 5 nitrogen and oxygen atoms in total. The minimum absolute atomic E-state index is 0.377. The van der Waals surface area contributed by atoms with Crippen LogP contribution in [0.25, 0.3) is 11.1 Å². The molecule has 0 spiro atoms. The highest BCUT2D eigenvalue weighted by Crippen LogP contribution is 2.25. The zero-order valence-corrected chi connectivity index (χ0v) is 11.8. The molecule has 1 aromatic carbocycles. The molecule has 2 rings (SSSR count). The highest BCUT2D eigenvalue weighted by atomic mass is 32.2. The molecular weight excluding hydrogens is 262 g/mol. The van der Waals surface area contributed by atoms with E-state index in [2.05, 4.69) is 10.3 Å². The van der Waals surface area contributed by atoms with E-state index in [1.54, 1.807) is 6.92 Å². The van der Waals surface area contributed by atoms with E-state index in [-0.39, 0.29) is 5.91 Å². The Kier molecular flexibility index (Phi) is 4.11. The van der Waals surface area contributed by atoms with Crippen LogP contribution in [0.1, 0.15) is 13.8 Å². The Hall–Kier alpha value is -1.53. The zero-order valence-electron chi connectivity index (χ0n) is 11.0. The lowest BCUT2D eigenvalue weighted by Gasteiger charge is -2.25. The van der Waals surface area contributed by atoms with Gasteiger partial charge in [0.25, 0.3) is 5.22 Å². The molecule has 0 aliphatic rings. The van der Waals surface area contributed by atoms with Crippen molar-refractivity contribution in [1.29, 1.82) is 0 Å². The van der Waals surface area contributed by atoms with Crippen molar-refractivity contribution in [1.82, 2.24) is 10.3 Å². The van der Waals surface area contributed by atoms with Crippen LogP contribution >= 0.6 is 11.8 Å². The summed E-state index contributed by atoms with van der Waals surface area (Å²) in [6, 6.07) is 7.56. The number of nitrogens with zero attached hydrogens (tertiary/aromatic N) is 1. The van der Waals surface area contributed by atoms with Crippen LogP contribution in [0.4, 0.5) is 0 Å². The van der Waals surface area contributed by atoms with Crippen molar-refractivity contribution in [3.8, 4) is 0 Å². The maximum absolute atomic E-state index is 11.5. The number of primary amides is 1. The number of fused-ring (bicyclic) bond motifs is 1. The zero-order chi connectivity index (χ0) is 13.9. The molecule has 2 aromatic rings.